The van der Waals surface area contributed by atoms with E-state index in [0.717, 1.165) is 0 Å². The number of amides is 3. The summed E-state index contributed by atoms with van der Waals surface area (Å²) < 4.78 is 24.8. The first-order chi connectivity index (χ1) is 14.3. The van der Waals surface area contributed by atoms with Gasteiger partial charge in [0.15, 0.2) is 9.84 Å². The first kappa shape index (κ1) is 20.1. The van der Waals surface area contributed by atoms with Crippen molar-refractivity contribution < 1.29 is 22.8 Å². The number of nitrogens with one attached hydrogen (secondary N) is 2. The summed E-state index contributed by atoms with van der Waals surface area (Å²) in [5.74, 6) is -1.84. The van der Waals surface area contributed by atoms with Gasteiger partial charge in [-0.25, -0.2) is 8.42 Å². The number of fused-ring (bicyclic) bond motifs is 2. The highest BCUT2D eigenvalue weighted by atomic mass is 32.2. The maximum atomic E-state index is 12.9. The van der Waals surface area contributed by atoms with Crippen LogP contribution in [0.5, 0.6) is 0 Å². The van der Waals surface area contributed by atoms with Gasteiger partial charge in [0.25, 0.3) is 5.91 Å². The van der Waals surface area contributed by atoms with Crippen LogP contribution in [0.2, 0.25) is 0 Å². The van der Waals surface area contributed by atoms with Gasteiger partial charge in [0.2, 0.25) is 11.8 Å². The SMILES string of the molecule is O=C(CS(=O)(=O)c1ccccc1)N[C@H]1CCN2C(=O)c3ccccc3NC(=O)[C@@H]2C1. The molecule has 0 saturated carbocycles. The molecule has 2 aliphatic heterocycles. The van der Waals surface area contributed by atoms with Gasteiger partial charge in [-0.05, 0) is 37.1 Å². The normalized spacial score (nSPS) is 21.1. The molecular weight excluding hydrogens is 406 g/mol. The molecule has 2 aromatic carbocycles. The van der Waals surface area contributed by atoms with Gasteiger partial charge >= 0.3 is 0 Å². The van der Waals surface area contributed by atoms with Crippen molar-refractivity contribution in [2.45, 2.75) is 29.8 Å². The van der Waals surface area contributed by atoms with Crippen molar-refractivity contribution in [1.82, 2.24) is 10.2 Å². The zero-order valence-electron chi connectivity index (χ0n) is 16.1. The van der Waals surface area contributed by atoms with E-state index >= 15 is 0 Å². The number of nitrogens with zero attached hydrogens (tertiary/aromatic N) is 1. The smallest absolute Gasteiger partial charge is 0.256 e. The monoisotopic (exact) mass is 427 g/mol. The Morgan fingerprint density at radius 3 is 2.53 bits per heavy atom. The predicted molar refractivity (Wildman–Crippen MR) is 110 cm³/mol. The van der Waals surface area contributed by atoms with Crippen molar-refractivity contribution in [1.29, 1.82) is 0 Å². The van der Waals surface area contributed by atoms with Crippen molar-refractivity contribution in [3.63, 3.8) is 0 Å². The standard InChI is InChI=1S/C21H21N3O5S/c25-19(13-30(28,29)15-6-2-1-3-7-15)22-14-10-11-24-18(12-14)20(26)23-17-9-5-4-8-16(17)21(24)27/h1-9,14,18H,10-13H2,(H,22,25)(H,23,26)/t14-,18-/m0/s1. The molecule has 4 rings (SSSR count). The van der Waals surface area contributed by atoms with Crippen LogP contribution >= 0.6 is 0 Å². The van der Waals surface area contributed by atoms with E-state index in [-0.39, 0.29) is 23.1 Å². The van der Waals surface area contributed by atoms with Gasteiger partial charge in [-0.2, -0.15) is 0 Å². The van der Waals surface area contributed by atoms with E-state index in [2.05, 4.69) is 10.6 Å². The van der Waals surface area contributed by atoms with Crippen LogP contribution in [0.3, 0.4) is 0 Å². The van der Waals surface area contributed by atoms with Crippen LogP contribution in [0, 0.1) is 0 Å². The summed E-state index contributed by atoms with van der Waals surface area (Å²) in [6.07, 6.45) is 0.664. The summed E-state index contributed by atoms with van der Waals surface area (Å²) in [6, 6.07) is 13.5. The molecule has 0 bridgehead atoms. The molecule has 2 aliphatic rings. The average Bonchev–Trinajstić information content (AvgIpc) is 2.83. The molecule has 3 amide bonds. The van der Waals surface area contributed by atoms with Crippen LogP contribution in [0.1, 0.15) is 23.2 Å². The van der Waals surface area contributed by atoms with Gasteiger partial charge in [0.1, 0.15) is 11.8 Å². The Morgan fingerprint density at radius 1 is 1.07 bits per heavy atom. The van der Waals surface area contributed by atoms with E-state index in [9.17, 15) is 22.8 Å². The van der Waals surface area contributed by atoms with Crippen LogP contribution in [0.15, 0.2) is 59.5 Å². The summed E-state index contributed by atoms with van der Waals surface area (Å²) in [4.78, 5) is 39.5. The molecule has 8 nitrogen and oxygen atoms in total. The molecular formula is C21H21N3O5S. The molecule has 0 aliphatic carbocycles. The van der Waals surface area contributed by atoms with Gasteiger partial charge in [0, 0.05) is 12.6 Å². The lowest BCUT2D eigenvalue weighted by Gasteiger charge is -2.37. The lowest BCUT2D eigenvalue weighted by Crippen LogP contribution is -2.55. The van der Waals surface area contributed by atoms with E-state index in [0.29, 0.717) is 24.2 Å². The molecule has 1 saturated heterocycles. The molecule has 2 N–H and O–H groups in total. The third-order valence-corrected chi connectivity index (χ3v) is 7.00. The van der Waals surface area contributed by atoms with Crippen molar-refractivity contribution in [3.8, 4) is 0 Å². The average molecular weight is 427 g/mol. The van der Waals surface area contributed by atoms with E-state index in [1.807, 2.05) is 0 Å². The summed E-state index contributed by atoms with van der Waals surface area (Å²) >= 11 is 0. The van der Waals surface area contributed by atoms with Crippen LogP contribution in [-0.4, -0.2) is 55.4 Å². The fraction of sp³-hybridized carbons (Fsp3) is 0.286. The zero-order chi connectivity index (χ0) is 21.3. The van der Waals surface area contributed by atoms with Gasteiger partial charge < -0.3 is 15.5 Å². The number of rotatable bonds is 4. The third-order valence-electron chi connectivity index (χ3n) is 5.37. The number of carbonyl (C=O) groups excluding carboxylic acids is 3. The number of hydrogen-bond acceptors (Lipinski definition) is 5. The highest BCUT2D eigenvalue weighted by Crippen LogP contribution is 2.28. The third kappa shape index (κ3) is 3.93. The molecule has 2 aromatic rings. The van der Waals surface area contributed by atoms with Crippen molar-refractivity contribution in [2.75, 3.05) is 17.6 Å². The van der Waals surface area contributed by atoms with E-state index < -0.39 is 33.6 Å². The molecule has 1 fully saturated rings. The first-order valence-electron chi connectivity index (χ1n) is 9.63. The second kappa shape index (κ2) is 7.91. The molecule has 2 heterocycles. The molecule has 9 heteroatoms. The van der Waals surface area contributed by atoms with Gasteiger partial charge in [-0.1, -0.05) is 30.3 Å². The summed E-state index contributed by atoms with van der Waals surface area (Å²) in [5.41, 5.74) is 0.904. The zero-order valence-corrected chi connectivity index (χ0v) is 16.9. The van der Waals surface area contributed by atoms with E-state index in [1.54, 1.807) is 42.5 Å². The molecule has 0 aromatic heterocycles. The number of para-hydroxylation sites is 1. The highest BCUT2D eigenvalue weighted by Gasteiger charge is 2.40. The Kier molecular flexibility index (Phi) is 5.29. The Balaban J connectivity index is 1.44. The molecule has 0 unspecified atom stereocenters. The maximum Gasteiger partial charge on any atom is 0.256 e. The Labute approximate surface area is 174 Å². The number of hydrogen-bond donors (Lipinski definition) is 2. The van der Waals surface area contributed by atoms with Crippen molar-refractivity contribution in [3.05, 3.63) is 60.2 Å². The maximum absolute atomic E-state index is 12.9. The number of benzene rings is 2. The quantitative estimate of drug-likeness (QED) is 0.761. The lowest BCUT2D eigenvalue weighted by atomic mass is 9.96. The van der Waals surface area contributed by atoms with Gasteiger partial charge in [-0.3, -0.25) is 14.4 Å². The number of anilines is 1. The highest BCUT2D eigenvalue weighted by molar-refractivity contribution is 7.92. The fourth-order valence-electron chi connectivity index (χ4n) is 3.89. The second-order valence-electron chi connectivity index (χ2n) is 7.41. The van der Waals surface area contributed by atoms with Crippen LogP contribution in [0.25, 0.3) is 0 Å². The Bertz CT molecular complexity index is 1100. The topological polar surface area (TPSA) is 113 Å². The fourth-order valence-corrected chi connectivity index (χ4v) is 5.06. The van der Waals surface area contributed by atoms with Gasteiger partial charge in [0.05, 0.1) is 16.1 Å². The lowest BCUT2D eigenvalue weighted by molar-refractivity contribution is -0.124. The summed E-state index contributed by atoms with van der Waals surface area (Å²) in [7, 11) is -3.75. The predicted octanol–water partition coefficient (Wildman–Crippen LogP) is 1.20. The number of sulfone groups is 1. The molecule has 2 atom stereocenters. The number of piperidine rings is 1. The molecule has 156 valence electrons. The Hall–Kier alpha value is -3.20. The molecule has 0 radical (unpaired) electrons. The van der Waals surface area contributed by atoms with E-state index in [4.69, 9.17) is 0 Å². The summed E-state index contributed by atoms with van der Waals surface area (Å²) in [6.45, 7) is 0.293. The minimum absolute atomic E-state index is 0.0847. The summed E-state index contributed by atoms with van der Waals surface area (Å²) in [5, 5.41) is 5.49. The first-order valence-corrected chi connectivity index (χ1v) is 11.3. The van der Waals surface area contributed by atoms with Crippen molar-refractivity contribution in [2.24, 2.45) is 0 Å². The molecule has 0 spiro atoms. The van der Waals surface area contributed by atoms with Crippen LogP contribution < -0.4 is 10.6 Å². The second-order valence-corrected chi connectivity index (χ2v) is 9.40. The van der Waals surface area contributed by atoms with Crippen molar-refractivity contribution >= 4 is 33.2 Å². The van der Waals surface area contributed by atoms with Crippen LogP contribution in [-0.2, 0) is 19.4 Å². The Morgan fingerprint density at radius 2 is 1.77 bits per heavy atom. The van der Waals surface area contributed by atoms with E-state index in [1.165, 1.54) is 17.0 Å². The van der Waals surface area contributed by atoms with Gasteiger partial charge in [-0.15, -0.1) is 0 Å². The minimum atomic E-state index is -3.75. The molecule has 30 heavy (non-hydrogen) atoms. The number of carbonyl (C=O) groups is 3. The van der Waals surface area contributed by atoms with Crippen LogP contribution in [0.4, 0.5) is 5.69 Å². The minimum Gasteiger partial charge on any atom is -0.352 e. The largest absolute Gasteiger partial charge is 0.352 e.